The predicted octanol–water partition coefficient (Wildman–Crippen LogP) is 4.62. The summed E-state index contributed by atoms with van der Waals surface area (Å²) >= 11 is 7.40. The molecule has 1 aromatic heterocycles. The van der Waals surface area contributed by atoms with Crippen LogP contribution in [0.15, 0.2) is 65.7 Å². The third kappa shape index (κ3) is 3.59. The molecule has 3 rings (SSSR count). The largest absolute Gasteiger partial charge is 0.325 e. The Morgan fingerprint density at radius 2 is 2.00 bits per heavy atom. The van der Waals surface area contributed by atoms with E-state index in [1.165, 1.54) is 11.8 Å². The number of pyridine rings is 1. The second kappa shape index (κ2) is 6.81. The topological polar surface area (TPSA) is 42.0 Å². The molecule has 3 aromatic rings. The lowest BCUT2D eigenvalue weighted by Gasteiger charge is -2.07. The Morgan fingerprint density at radius 3 is 2.86 bits per heavy atom. The average molecular weight is 329 g/mol. The Morgan fingerprint density at radius 1 is 1.14 bits per heavy atom. The van der Waals surface area contributed by atoms with E-state index in [0.29, 0.717) is 16.5 Å². The van der Waals surface area contributed by atoms with Crippen LogP contribution in [0.25, 0.3) is 10.9 Å². The Bertz CT molecular complexity index is 817. The number of carbonyl (C=O) groups is 1. The van der Waals surface area contributed by atoms with E-state index in [4.69, 9.17) is 11.6 Å². The molecule has 5 heteroatoms. The van der Waals surface area contributed by atoms with Crippen LogP contribution in [0.2, 0.25) is 5.02 Å². The van der Waals surface area contributed by atoms with Crippen molar-refractivity contribution in [3.63, 3.8) is 0 Å². The molecule has 0 spiro atoms. The van der Waals surface area contributed by atoms with Crippen molar-refractivity contribution in [3.8, 4) is 0 Å². The van der Waals surface area contributed by atoms with Crippen LogP contribution >= 0.6 is 23.4 Å². The van der Waals surface area contributed by atoms with Crippen molar-refractivity contribution < 1.29 is 4.79 Å². The van der Waals surface area contributed by atoms with Crippen LogP contribution < -0.4 is 5.32 Å². The first-order valence-corrected chi connectivity index (χ1v) is 8.11. The zero-order chi connectivity index (χ0) is 15.4. The van der Waals surface area contributed by atoms with Gasteiger partial charge in [-0.1, -0.05) is 35.9 Å². The van der Waals surface area contributed by atoms with Gasteiger partial charge in [0.2, 0.25) is 5.91 Å². The van der Waals surface area contributed by atoms with Crippen molar-refractivity contribution in [1.29, 1.82) is 0 Å². The molecule has 1 N–H and O–H groups in total. The van der Waals surface area contributed by atoms with Gasteiger partial charge in [0.15, 0.2) is 0 Å². The molecule has 0 unspecified atom stereocenters. The van der Waals surface area contributed by atoms with E-state index in [1.54, 1.807) is 18.3 Å². The number of halogens is 1. The number of anilines is 1. The lowest BCUT2D eigenvalue weighted by atomic mass is 10.2. The van der Waals surface area contributed by atoms with E-state index < -0.39 is 0 Å². The zero-order valence-corrected chi connectivity index (χ0v) is 13.2. The van der Waals surface area contributed by atoms with Gasteiger partial charge in [-0.2, -0.15) is 0 Å². The van der Waals surface area contributed by atoms with Gasteiger partial charge in [0.25, 0.3) is 0 Å². The fourth-order valence-corrected chi connectivity index (χ4v) is 3.14. The minimum atomic E-state index is -0.0619. The lowest BCUT2D eigenvalue weighted by Crippen LogP contribution is -2.13. The Labute approximate surface area is 137 Å². The standard InChI is InChI=1S/C17H13ClN2OS/c18-12-4-3-5-13(10-12)20-17(21)11-22-16-8-9-19-15-7-2-1-6-14(15)16/h1-10H,11H2,(H,20,21). The molecule has 0 aliphatic heterocycles. The normalized spacial score (nSPS) is 10.6. The Kier molecular flexibility index (Phi) is 4.61. The monoisotopic (exact) mass is 328 g/mol. The van der Waals surface area contributed by atoms with Crippen LogP contribution in [-0.4, -0.2) is 16.6 Å². The number of amides is 1. The van der Waals surface area contributed by atoms with Gasteiger partial charge in [-0.25, -0.2) is 0 Å². The molecule has 110 valence electrons. The van der Waals surface area contributed by atoms with Gasteiger partial charge >= 0.3 is 0 Å². The van der Waals surface area contributed by atoms with Crippen molar-refractivity contribution in [1.82, 2.24) is 4.98 Å². The molecule has 0 saturated heterocycles. The number of benzene rings is 2. The summed E-state index contributed by atoms with van der Waals surface area (Å²) in [5, 5.41) is 4.50. The number of nitrogens with one attached hydrogen (secondary N) is 1. The van der Waals surface area contributed by atoms with Crippen molar-refractivity contribution >= 4 is 45.9 Å². The number of para-hydroxylation sites is 1. The van der Waals surface area contributed by atoms with Crippen LogP contribution in [0.1, 0.15) is 0 Å². The van der Waals surface area contributed by atoms with Gasteiger partial charge in [0, 0.05) is 27.2 Å². The van der Waals surface area contributed by atoms with Crippen LogP contribution in [0.3, 0.4) is 0 Å². The van der Waals surface area contributed by atoms with Gasteiger partial charge in [0.05, 0.1) is 11.3 Å². The van der Waals surface area contributed by atoms with Crippen molar-refractivity contribution in [2.24, 2.45) is 0 Å². The number of aromatic nitrogens is 1. The summed E-state index contributed by atoms with van der Waals surface area (Å²) in [6.45, 7) is 0. The van der Waals surface area contributed by atoms with Crippen molar-refractivity contribution in [3.05, 3.63) is 65.8 Å². The van der Waals surface area contributed by atoms with E-state index in [0.717, 1.165) is 15.8 Å². The first-order chi connectivity index (χ1) is 10.7. The molecule has 0 aliphatic carbocycles. The van der Waals surface area contributed by atoms with Gasteiger partial charge in [0.1, 0.15) is 0 Å². The molecule has 22 heavy (non-hydrogen) atoms. The lowest BCUT2D eigenvalue weighted by molar-refractivity contribution is -0.113. The minimum absolute atomic E-state index is 0.0619. The molecule has 1 amide bonds. The second-order valence-corrected chi connectivity index (χ2v) is 6.13. The zero-order valence-electron chi connectivity index (χ0n) is 11.6. The van der Waals surface area contributed by atoms with Crippen molar-refractivity contribution in [2.75, 3.05) is 11.1 Å². The summed E-state index contributed by atoms with van der Waals surface area (Å²) in [5.41, 5.74) is 1.64. The second-order valence-electron chi connectivity index (χ2n) is 4.67. The highest BCUT2D eigenvalue weighted by Crippen LogP contribution is 2.26. The maximum absolute atomic E-state index is 12.0. The number of hydrogen-bond donors (Lipinski definition) is 1. The number of rotatable bonds is 4. The maximum atomic E-state index is 12.0. The molecule has 0 fully saturated rings. The van der Waals surface area contributed by atoms with E-state index >= 15 is 0 Å². The molecule has 0 saturated carbocycles. The van der Waals surface area contributed by atoms with E-state index in [1.807, 2.05) is 42.5 Å². The summed E-state index contributed by atoms with van der Waals surface area (Å²) in [4.78, 5) is 17.4. The summed E-state index contributed by atoms with van der Waals surface area (Å²) in [6, 6.07) is 17.0. The maximum Gasteiger partial charge on any atom is 0.234 e. The fourth-order valence-electron chi connectivity index (χ4n) is 2.10. The first kappa shape index (κ1) is 14.9. The number of carbonyl (C=O) groups excluding carboxylic acids is 1. The summed E-state index contributed by atoms with van der Waals surface area (Å²) in [7, 11) is 0. The summed E-state index contributed by atoms with van der Waals surface area (Å²) in [5.74, 6) is 0.272. The Hall–Kier alpha value is -2.04. The molecular formula is C17H13ClN2OS. The van der Waals surface area contributed by atoms with E-state index in [-0.39, 0.29) is 5.91 Å². The van der Waals surface area contributed by atoms with Crippen LogP contribution in [0, 0.1) is 0 Å². The molecule has 2 aromatic carbocycles. The van der Waals surface area contributed by atoms with Crippen LogP contribution in [0.4, 0.5) is 5.69 Å². The SMILES string of the molecule is O=C(CSc1ccnc2ccccc12)Nc1cccc(Cl)c1. The van der Waals surface area contributed by atoms with Gasteiger partial charge in [-0.3, -0.25) is 9.78 Å². The van der Waals surface area contributed by atoms with Crippen LogP contribution in [0.5, 0.6) is 0 Å². The molecule has 0 atom stereocenters. The number of fused-ring (bicyclic) bond motifs is 1. The van der Waals surface area contributed by atoms with Crippen molar-refractivity contribution in [2.45, 2.75) is 4.90 Å². The predicted molar refractivity (Wildman–Crippen MR) is 92.5 cm³/mol. The number of thioether (sulfide) groups is 1. The highest BCUT2D eigenvalue weighted by Gasteiger charge is 2.07. The highest BCUT2D eigenvalue weighted by atomic mass is 35.5. The van der Waals surface area contributed by atoms with Crippen LogP contribution in [-0.2, 0) is 4.79 Å². The molecule has 0 radical (unpaired) electrons. The highest BCUT2D eigenvalue weighted by molar-refractivity contribution is 8.00. The Balaban J connectivity index is 1.68. The molecule has 0 aliphatic rings. The van der Waals surface area contributed by atoms with E-state index in [9.17, 15) is 4.79 Å². The summed E-state index contributed by atoms with van der Waals surface area (Å²) < 4.78 is 0. The molecular weight excluding hydrogens is 316 g/mol. The van der Waals surface area contributed by atoms with Gasteiger partial charge < -0.3 is 5.32 Å². The molecule has 3 nitrogen and oxygen atoms in total. The van der Waals surface area contributed by atoms with E-state index in [2.05, 4.69) is 10.3 Å². The number of hydrogen-bond acceptors (Lipinski definition) is 3. The fraction of sp³-hybridized carbons (Fsp3) is 0.0588. The number of nitrogens with zero attached hydrogens (tertiary/aromatic N) is 1. The summed E-state index contributed by atoms with van der Waals surface area (Å²) in [6.07, 6.45) is 1.76. The van der Waals surface area contributed by atoms with Gasteiger partial charge in [-0.05, 0) is 30.3 Å². The smallest absolute Gasteiger partial charge is 0.234 e. The third-order valence-electron chi connectivity index (χ3n) is 3.08. The third-order valence-corrected chi connectivity index (χ3v) is 4.38. The molecule has 1 heterocycles. The molecule has 0 bridgehead atoms. The first-order valence-electron chi connectivity index (χ1n) is 6.74. The average Bonchev–Trinajstić information content (AvgIpc) is 2.53. The quantitative estimate of drug-likeness (QED) is 0.711. The minimum Gasteiger partial charge on any atom is -0.325 e. The van der Waals surface area contributed by atoms with Gasteiger partial charge in [-0.15, -0.1) is 11.8 Å².